The third-order valence-electron chi connectivity index (χ3n) is 2.56. The van der Waals surface area contributed by atoms with Crippen molar-refractivity contribution in [3.8, 4) is 5.69 Å². The minimum atomic E-state index is -0.475. The summed E-state index contributed by atoms with van der Waals surface area (Å²) >= 11 is 0. The Kier molecular flexibility index (Phi) is 3.69. The highest BCUT2D eigenvalue weighted by atomic mass is 16.2. The maximum absolute atomic E-state index is 11.6. The predicted octanol–water partition coefficient (Wildman–Crippen LogP) is 0.943. The van der Waals surface area contributed by atoms with Crippen molar-refractivity contribution in [2.45, 2.75) is 19.4 Å². The van der Waals surface area contributed by atoms with Gasteiger partial charge < -0.3 is 11.1 Å². The van der Waals surface area contributed by atoms with Gasteiger partial charge in [-0.15, -0.1) is 0 Å². The van der Waals surface area contributed by atoms with Gasteiger partial charge in [0.1, 0.15) is 0 Å². The molecule has 94 valence electrons. The Labute approximate surface area is 105 Å². The van der Waals surface area contributed by atoms with Crippen LogP contribution in [0.1, 0.15) is 13.3 Å². The second-order valence-electron chi connectivity index (χ2n) is 3.87. The summed E-state index contributed by atoms with van der Waals surface area (Å²) < 4.78 is 0. The molecule has 1 aromatic carbocycles. The predicted molar refractivity (Wildman–Crippen MR) is 68.3 cm³/mol. The number of nitrogens with one attached hydrogen (secondary N) is 1. The number of amides is 1. The molecule has 0 aliphatic heterocycles. The molecule has 1 amide bonds. The molecule has 6 nitrogen and oxygen atoms in total. The molecular formula is C12H15N5O. The van der Waals surface area contributed by atoms with Crippen LogP contribution in [0.5, 0.6) is 0 Å². The topological polar surface area (TPSA) is 85.8 Å². The summed E-state index contributed by atoms with van der Waals surface area (Å²) in [5, 5.41) is 10.8. The fraction of sp³-hybridized carbons (Fsp3) is 0.250. The first-order valence-electron chi connectivity index (χ1n) is 5.74. The van der Waals surface area contributed by atoms with Gasteiger partial charge in [-0.3, -0.25) is 4.79 Å². The largest absolute Gasteiger partial charge is 0.325 e. The van der Waals surface area contributed by atoms with Crippen LogP contribution < -0.4 is 11.1 Å². The second-order valence-corrected chi connectivity index (χ2v) is 3.87. The van der Waals surface area contributed by atoms with E-state index in [1.807, 2.05) is 19.1 Å². The molecular weight excluding hydrogens is 230 g/mol. The number of rotatable bonds is 4. The van der Waals surface area contributed by atoms with Gasteiger partial charge in [0.15, 0.2) is 0 Å². The molecule has 0 aliphatic rings. The van der Waals surface area contributed by atoms with Crippen LogP contribution in [0.3, 0.4) is 0 Å². The summed E-state index contributed by atoms with van der Waals surface area (Å²) in [6.07, 6.45) is 3.83. The van der Waals surface area contributed by atoms with Gasteiger partial charge in [0.05, 0.1) is 24.1 Å². The minimum absolute atomic E-state index is 0.178. The molecule has 0 bridgehead atoms. The van der Waals surface area contributed by atoms with Crippen molar-refractivity contribution in [3.63, 3.8) is 0 Å². The number of nitrogens with two attached hydrogens (primary N) is 1. The van der Waals surface area contributed by atoms with Gasteiger partial charge in [-0.05, 0) is 30.7 Å². The van der Waals surface area contributed by atoms with Crippen molar-refractivity contribution >= 4 is 11.6 Å². The molecule has 0 aliphatic carbocycles. The fourth-order valence-corrected chi connectivity index (χ4v) is 1.45. The summed E-state index contributed by atoms with van der Waals surface area (Å²) in [7, 11) is 0. The Bertz CT molecular complexity index is 506. The lowest BCUT2D eigenvalue weighted by molar-refractivity contribution is -0.117. The smallest absolute Gasteiger partial charge is 0.241 e. The molecule has 0 unspecified atom stereocenters. The highest BCUT2D eigenvalue weighted by molar-refractivity contribution is 5.94. The summed E-state index contributed by atoms with van der Waals surface area (Å²) in [5.41, 5.74) is 7.17. The van der Waals surface area contributed by atoms with E-state index in [1.54, 1.807) is 24.5 Å². The van der Waals surface area contributed by atoms with E-state index in [-0.39, 0.29) is 5.91 Å². The molecule has 2 aromatic rings. The molecule has 1 aromatic heterocycles. The maximum atomic E-state index is 11.6. The molecule has 0 saturated carbocycles. The third-order valence-corrected chi connectivity index (χ3v) is 2.56. The zero-order chi connectivity index (χ0) is 13.0. The van der Waals surface area contributed by atoms with Crippen LogP contribution in [0.25, 0.3) is 5.69 Å². The van der Waals surface area contributed by atoms with E-state index in [1.165, 1.54) is 4.80 Å². The Morgan fingerprint density at radius 2 is 1.94 bits per heavy atom. The summed E-state index contributed by atoms with van der Waals surface area (Å²) in [5.74, 6) is -0.178. The molecule has 0 saturated heterocycles. The second kappa shape index (κ2) is 5.42. The molecule has 2 rings (SSSR count). The number of aromatic nitrogens is 3. The normalized spacial score (nSPS) is 12.1. The zero-order valence-corrected chi connectivity index (χ0v) is 10.1. The van der Waals surface area contributed by atoms with Crippen LogP contribution in [0.4, 0.5) is 5.69 Å². The number of hydrogen-bond donors (Lipinski definition) is 2. The monoisotopic (exact) mass is 245 g/mol. The van der Waals surface area contributed by atoms with Crippen molar-refractivity contribution in [3.05, 3.63) is 36.7 Å². The number of carbonyl (C=O) groups is 1. The van der Waals surface area contributed by atoms with Crippen molar-refractivity contribution < 1.29 is 4.79 Å². The molecule has 3 N–H and O–H groups in total. The number of benzene rings is 1. The number of hydrogen-bond acceptors (Lipinski definition) is 4. The highest BCUT2D eigenvalue weighted by Gasteiger charge is 2.10. The third kappa shape index (κ3) is 2.72. The molecule has 1 heterocycles. The van der Waals surface area contributed by atoms with E-state index in [2.05, 4.69) is 15.5 Å². The van der Waals surface area contributed by atoms with Gasteiger partial charge in [-0.25, -0.2) is 0 Å². The van der Waals surface area contributed by atoms with Gasteiger partial charge in [0, 0.05) is 5.69 Å². The van der Waals surface area contributed by atoms with Gasteiger partial charge >= 0.3 is 0 Å². The first-order chi connectivity index (χ1) is 8.70. The van der Waals surface area contributed by atoms with E-state index in [4.69, 9.17) is 5.73 Å². The Morgan fingerprint density at radius 1 is 1.33 bits per heavy atom. The van der Waals surface area contributed by atoms with Gasteiger partial charge in [0.25, 0.3) is 0 Å². The average Bonchev–Trinajstić information content (AvgIpc) is 2.92. The number of anilines is 1. The summed E-state index contributed by atoms with van der Waals surface area (Å²) in [6, 6.07) is 6.76. The van der Waals surface area contributed by atoms with Crippen molar-refractivity contribution in [1.29, 1.82) is 0 Å². The van der Waals surface area contributed by atoms with Crippen LogP contribution in [0, 0.1) is 0 Å². The Hall–Kier alpha value is -2.21. The first kappa shape index (κ1) is 12.3. The fourth-order valence-electron chi connectivity index (χ4n) is 1.45. The molecule has 6 heteroatoms. The first-order valence-corrected chi connectivity index (χ1v) is 5.74. The molecule has 0 fully saturated rings. The molecule has 0 spiro atoms. The van der Waals surface area contributed by atoms with E-state index < -0.39 is 6.04 Å². The Morgan fingerprint density at radius 3 is 2.50 bits per heavy atom. The van der Waals surface area contributed by atoms with E-state index in [9.17, 15) is 4.79 Å². The maximum Gasteiger partial charge on any atom is 0.241 e. The van der Waals surface area contributed by atoms with Crippen molar-refractivity contribution in [2.75, 3.05) is 5.32 Å². The lowest BCUT2D eigenvalue weighted by Crippen LogP contribution is -2.34. The van der Waals surface area contributed by atoms with Crippen molar-refractivity contribution in [1.82, 2.24) is 15.0 Å². The SMILES string of the molecule is CC[C@@H](N)C(=O)Nc1ccc(-n2nccn2)cc1. The molecule has 18 heavy (non-hydrogen) atoms. The van der Waals surface area contributed by atoms with Crippen LogP contribution in [0.15, 0.2) is 36.7 Å². The van der Waals surface area contributed by atoms with E-state index >= 15 is 0 Å². The van der Waals surface area contributed by atoms with Crippen molar-refractivity contribution in [2.24, 2.45) is 5.73 Å². The summed E-state index contributed by atoms with van der Waals surface area (Å²) in [6.45, 7) is 1.87. The lowest BCUT2D eigenvalue weighted by Gasteiger charge is -2.10. The quantitative estimate of drug-likeness (QED) is 0.839. The van der Waals surface area contributed by atoms with E-state index in [0.717, 1.165) is 5.69 Å². The number of nitrogens with zero attached hydrogens (tertiary/aromatic N) is 3. The summed E-state index contributed by atoms with van der Waals surface area (Å²) in [4.78, 5) is 13.1. The lowest BCUT2D eigenvalue weighted by atomic mass is 10.2. The zero-order valence-electron chi connectivity index (χ0n) is 10.1. The van der Waals surface area contributed by atoms with E-state index in [0.29, 0.717) is 12.1 Å². The van der Waals surface area contributed by atoms with Gasteiger partial charge in [-0.1, -0.05) is 6.92 Å². The van der Waals surface area contributed by atoms with Crippen LogP contribution in [-0.4, -0.2) is 26.9 Å². The Balaban J connectivity index is 2.06. The van der Waals surface area contributed by atoms with Gasteiger partial charge in [-0.2, -0.15) is 15.0 Å². The van der Waals surface area contributed by atoms with Crippen LogP contribution in [0.2, 0.25) is 0 Å². The van der Waals surface area contributed by atoms with Crippen LogP contribution in [-0.2, 0) is 4.79 Å². The molecule has 1 atom stereocenters. The number of carbonyl (C=O) groups excluding carboxylic acids is 1. The highest BCUT2D eigenvalue weighted by Crippen LogP contribution is 2.12. The standard InChI is InChI=1S/C12H15N5O/c1-2-11(13)12(18)16-9-3-5-10(6-4-9)17-14-7-8-15-17/h3-8,11H,2,13H2,1H3,(H,16,18)/t11-/m1/s1. The molecule has 0 radical (unpaired) electrons. The minimum Gasteiger partial charge on any atom is -0.325 e. The van der Waals surface area contributed by atoms with Crippen LogP contribution >= 0.6 is 0 Å². The average molecular weight is 245 g/mol. The van der Waals surface area contributed by atoms with Gasteiger partial charge in [0.2, 0.25) is 5.91 Å².